The summed E-state index contributed by atoms with van der Waals surface area (Å²) < 4.78 is 0. The van der Waals surface area contributed by atoms with E-state index in [1.807, 2.05) is 23.2 Å². The van der Waals surface area contributed by atoms with Gasteiger partial charge in [-0.25, -0.2) is 14.8 Å². The van der Waals surface area contributed by atoms with Crippen LogP contribution in [0.2, 0.25) is 0 Å². The molecule has 30 heavy (non-hydrogen) atoms. The smallest absolute Gasteiger partial charge is 0.336 e. The molecule has 0 radical (unpaired) electrons. The van der Waals surface area contributed by atoms with Crippen molar-refractivity contribution in [2.45, 2.75) is 46.6 Å². The third kappa shape index (κ3) is 4.76. The average molecular weight is 422 g/mol. The fourth-order valence-electron chi connectivity index (χ4n) is 3.39. The summed E-state index contributed by atoms with van der Waals surface area (Å²) in [5.41, 5.74) is 4.10. The lowest BCUT2D eigenvalue weighted by atomic mass is 10.1. The first-order chi connectivity index (χ1) is 14.4. The number of carbonyl (C=O) groups is 1. The minimum atomic E-state index is -0.961. The first kappa shape index (κ1) is 21.7. The van der Waals surface area contributed by atoms with Crippen LogP contribution in [0.1, 0.15) is 53.1 Å². The van der Waals surface area contributed by atoms with E-state index >= 15 is 0 Å². The van der Waals surface area contributed by atoms with Gasteiger partial charge in [0.15, 0.2) is 0 Å². The predicted molar refractivity (Wildman–Crippen MR) is 125 cm³/mol. The molecule has 3 rings (SSSR count). The molecule has 1 aromatic heterocycles. The highest BCUT2D eigenvalue weighted by Crippen LogP contribution is 2.35. The molecule has 0 amide bonds. The van der Waals surface area contributed by atoms with E-state index in [1.54, 1.807) is 35.8 Å². The van der Waals surface area contributed by atoms with Gasteiger partial charge in [-0.3, -0.25) is 0 Å². The van der Waals surface area contributed by atoms with Gasteiger partial charge in [-0.05, 0) is 38.8 Å². The van der Waals surface area contributed by atoms with Gasteiger partial charge in [0.25, 0.3) is 0 Å². The van der Waals surface area contributed by atoms with E-state index in [9.17, 15) is 9.90 Å². The summed E-state index contributed by atoms with van der Waals surface area (Å²) in [5.74, 6) is -0.961. The molecular formula is C24H27N3O2S. The van der Waals surface area contributed by atoms with Crippen molar-refractivity contribution >= 4 is 28.7 Å². The number of carboxylic acids is 1. The molecule has 0 aliphatic carbocycles. The first-order valence-corrected chi connectivity index (χ1v) is 10.9. The Labute approximate surface area is 181 Å². The summed E-state index contributed by atoms with van der Waals surface area (Å²) in [4.78, 5) is 17.6. The minimum Gasteiger partial charge on any atom is -0.478 e. The Balaban J connectivity index is 2.01. The Bertz CT molecular complexity index is 1060. The van der Waals surface area contributed by atoms with Crippen LogP contribution in [0.5, 0.6) is 0 Å². The van der Waals surface area contributed by atoms with Gasteiger partial charge >= 0.3 is 5.97 Å². The van der Waals surface area contributed by atoms with E-state index in [0.29, 0.717) is 5.56 Å². The normalized spacial score (nSPS) is 12.3. The molecule has 0 saturated heterocycles. The molecule has 0 fully saturated rings. The molecule has 1 unspecified atom stereocenters. The van der Waals surface area contributed by atoms with Crippen LogP contribution in [-0.2, 0) is 0 Å². The zero-order valence-corrected chi connectivity index (χ0v) is 18.6. The Hall–Kier alpha value is -2.99. The number of carboxylic acid groups (broad SMARTS) is 1. The van der Waals surface area contributed by atoms with Crippen molar-refractivity contribution < 1.29 is 9.90 Å². The number of nitrogens with zero attached hydrogens (tertiary/aromatic N) is 3. The molecule has 0 aliphatic heterocycles. The Morgan fingerprint density at radius 2 is 1.90 bits per heavy atom. The minimum absolute atomic E-state index is 0.138. The second kappa shape index (κ2) is 9.67. The molecule has 1 atom stereocenters. The lowest BCUT2D eigenvalue weighted by Crippen LogP contribution is -2.28. The molecule has 0 bridgehead atoms. The van der Waals surface area contributed by atoms with Crippen molar-refractivity contribution in [2.24, 2.45) is 5.10 Å². The summed E-state index contributed by atoms with van der Waals surface area (Å²) in [7, 11) is 0. The third-order valence-electron chi connectivity index (χ3n) is 5.02. The first-order valence-electron chi connectivity index (χ1n) is 10.1. The average Bonchev–Trinajstić information content (AvgIpc) is 3.10. The number of hydrogen-bond donors (Lipinski definition) is 1. The number of aryl methyl sites for hydroxylation is 2. The van der Waals surface area contributed by atoms with Crippen molar-refractivity contribution in [3.05, 3.63) is 70.1 Å². The maximum Gasteiger partial charge on any atom is 0.336 e. The summed E-state index contributed by atoms with van der Waals surface area (Å²) in [5, 5.41) is 16.9. The van der Waals surface area contributed by atoms with Crippen molar-refractivity contribution in [2.75, 3.05) is 5.01 Å². The van der Waals surface area contributed by atoms with Gasteiger partial charge < -0.3 is 5.11 Å². The molecule has 0 spiro atoms. The van der Waals surface area contributed by atoms with Crippen LogP contribution in [-0.4, -0.2) is 28.3 Å². The molecule has 0 saturated carbocycles. The quantitative estimate of drug-likeness (QED) is 0.350. The number of aromatic nitrogens is 1. The van der Waals surface area contributed by atoms with Crippen molar-refractivity contribution in [3.8, 4) is 11.3 Å². The second-order valence-corrected chi connectivity index (χ2v) is 8.52. The van der Waals surface area contributed by atoms with Gasteiger partial charge in [-0.2, -0.15) is 5.10 Å². The van der Waals surface area contributed by atoms with E-state index in [4.69, 9.17) is 4.98 Å². The topological polar surface area (TPSA) is 65.8 Å². The number of hydrazone groups is 1. The van der Waals surface area contributed by atoms with Gasteiger partial charge in [0.1, 0.15) is 0 Å². The summed E-state index contributed by atoms with van der Waals surface area (Å²) in [6.45, 7) is 8.43. The van der Waals surface area contributed by atoms with E-state index in [1.165, 1.54) is 5.56 Å². The Kier molecular flexibility index (Phi) is 7.00. The standard InChI is InChI=1S/C24H27N3O2S/c1-5-10-17(3)27(25-15-19-12-7-9-14-21(19)23(28)29)24-26-22(18(4)30-24)20-13-8-6-11-16(20)2/h6-9,11-15,17H,5,10H2,1-4H3,(H,28,29)/b25-15+. The van der Waals surface area contributed by atoms with Crippen molar-refractivity contribution in [1.82, 2.24) is 4.98 Å². The van der Waals surface area contributed by atoms with E-state index in [2.05, 4.69) is 44.9 Å². The van der Waals surface area contributed by atoms with Gasteiger partial charge in [0.05, 0.1) is 23.5 Å². The fraction of sp³-hybridized carbons (Fsp3) is 0.292. The maximum absolute atomic E-state index is 11.5. The van der Waals surface area contributed by atoms with Crippen LogP contribution in [0.3, 0.4) is 0 Å². The molecule has 156 valence electrons. The molecule has 0 aliphatic rings. The highest BCUT2D eigenvalue weighted by molar-refractivity contribution is 7.16. The largest absolute Gasteiger partial charge is 0.478 e. The Morgan fingerprint density at radius 3 is 2.60 bits per heavy atom. The van der Waals surface area contributed by atoms with Crippen molar-refractivity contribution in [3.63, 3.8) is 0 Å². The predicted octanol–water partition coefficient (Wildman–Crippen LogP) is 6.15. The van der Waals surface area contributed by atoms with Gasteiger partial charge in [-0.15, -0.1) is 0 Å². The zero-order chi connectivity index (χ0) is 21.7. The van der Waals surface area contributed by atoms with Crippen LogP contribution in [0, 0.1) is 13.8 Å². The second-order valence-electron chi connectivity index (χ2n) is 7.34. The van der Waals surface area contributed by atoms with Crippen molar-refractivity contribution in [1.29, 1.82) is 0 Å². The van der Waals surface area contributed by atoms with Gasteiger partial charge in [0.2, 0.25) is 5.13 Å². The molecular weight excluding hydrogens is 394 g/mol. The van der Waals surface area contributed by atoms with Crippen LogP contribution in [0.4, 0.5) is 5.13 Å². The van der Waals surface area contributed by atoms with Crippen LogP contribution in [0.15, 0.2) is 53.6 Å². The Morgan fingerprint density at radius 1 is 1.20 bits per heavy atom. The molecule has 1 N–H and O–H groups in total. The van der Waals surface area contributed by atoms with E-state index in [-0.39, 0.29) is 11.6 Å². The summed E-state index contributed by atoms with van der Waals surface area (Å²) >= 11 is 1.61. The fourth-order valence-corrected chi connectivity index (χ4v) is 4.37. The summed E-state index contributed by atoms with van der Waals surface area (Å²) in [6, 6.07) is 15.3. The van der Waals surface area contributed by atoms with Crippen LogP contribution < -0.4 is 5.01 Å². The number of aromatic carboxylic acids is 1. The van der Waals surface area contributed by atoms with Crippen LogP contribution in [0.25, 0.3) is 11.3 Å². The number of rotatable bonds is 8. The van der Waals surface area contributed by atoms with E-state index < -0.39 is 5.97 Å². The maximum atomic E-state index is 11.5. The molecule has 5 nitrogen and oxygen atoms in total. The highest BCUT2D eigenvalue weighted by Gasteiger charge is 2.20. The number of anilines is 1. The molecule has 6 heteroatoms. The number of hydrogen-bond acceptors (Lipinski definition) is 5. The van der Waals surface area contributed by atoms with Gasteiger partial charge in [-0.1, -0.05) is 67.1 Å². The van der Waals surface area contributed by atoms with Crippen LogP contribution >= 0.6 is 11.3 Å². The monoisotopic (exact) mass is 421 g/mol. The lowest BCUT2D eigenvalue weighted by molar-refractivity contribution is 0.0696. The molecule has 2 aromatic carbocycles. The SMILES string of the molecule is CCCC(C)N(/N=C/c1ccccc1C(=O)O)c1nc(-c2ccccc2C)c(C)s1. The zero-order valence-electron chi connectivity index (χ0n) is 17.8. The summed E-state index contributed by atoms with van der Waals surface area (Å²) in [6.07, 6.45) is 3.60. The molecule has 3 aromatic rings. The number of benzene rings is 2. The lowest BCUT2D eigenvalue weighted by Gasteiger charge is -2.23. The highest BCUT2D eigenvalue weighted by atomic mass is 32.1. The van der Waals surface area contributed by atoms with E-state index in [0.717, 1.165) is 34.1 Å². The third-order valence-corrected chi connectivity index (χ3v) is 5.98. The number of thiazole rings is 1. The van der Waals surface area contributed by atoms with Gasteiger partial charge in [0, 0.05) is 16.0 Å². The molecule has 1 heterocycles.